The van der Waals surface area contributed by atoms with E-state index in [2.05, 4.69) is 0 Å². The van der Waals surface area contributed by atoms with Gasteiger partial charge in [-0.1, -0.05) is 71.1 Å². The summed E-state index contributed by atoms with van der Waals surface area (Å²) in [6, 6.07) is -1.16. The second-order valence-corrected chi connectivity index (χ2v) is 23.6. The minimum atomic E-state index is -2.79. The average molecular weight is 990 g/mol. The second-order valence-electron chi connectivity index (χ2n) is 20.9. The zero-order valence-corrected chi connectivity index (χ0v) is 44.3. The third-order valence-corrected chi connectivity index (χ3v) is 15.6. The lowest BCUT2D eigenvalue weighted by molar-refractivity contribution is -0.265. The molecule has 390 valence electrons. The van der Waals surface area contributed by atoms with E-state index >= 15 is 0 Å². The summed E-state index contributed by atoms with van der Waals surface area (Å²) >= 11 is 0. The Bertz CT molecular complexity index is 1940. The lowest BCUT2D eigenvalue weighted by atomic mass is 9.78. The van der Waals surface area contributed by atoms with Crippen molar-refractivity contribution >= 4 is 36.6 Å². The number of rotatable bonds is 8. The number of ketones is 3. The third kappa shape index (κ3) is 16.2. The van der Waals surface area contributed by atoms with E-state index in [1.165, 1.54) is 12.0 Å². The molecule has 0 spiro atoms. The van der Waals surface area contributed by atoms with Crippen molar-refractivity contribution in [3.63, 3.8) is 0 Å². The first-order chi connectivity index (χ1) is 32.4. The van der Waals surface area contributed by atoms with Crippen molar-refractivity contribution in [3.05, 3.63) is 47.6 Å². The fraction of sp³-hybridized carbons (Fsp3) is 0.755. The largest absolute Gasteiger partial charge is 0.460 e. The Hall–Kier alpha value is -3.14. The molecule has 0 aromatic carbocycles. The SMILES string of the molecule is CO[C@H]1C[C@@H]2CC[C@@H](C)C(O)(O2)C(=O)C(=O)N2CCCCC2C(=O)OC([C@H](C)CC2CC[C@@H](OP(C)(C)=O)[C@H](OC)C2)CC(=O)[C@H](C)/C=C(\C)C(O)[C@@H](OC)C(=O)[C@H](C)C[C@H](C)/C=C/C=CC=C1C. The topological polar surface area (TPSA) is 201 Å². The number of carbonyl (C=O) groups is 5. The molecule has 1 amide bonds. The highest BCUT2D eigenvalue weighted by Crippen LogP contribution is 2.45. The molecule has 0 aromatic heterocycles. The molecule has 4 aliphatic rings. The van der Waals surface area contributed by atoms with Crippen LogP contribution in [0.15, 0.2) is 47.6 Å². The highest BCUT2D eigenvalue weighted by Gasteiger charge is 2.53. The number of piperidine rings is 1. The lowest BCUT2D eigenvalue weighted by Crippen LogP contribution is -2.61. The van der Waals surface area contributed by atoms with Gasteiger partial charge < -0.3 is 43.3 Å². The Labute approximate surface area is 411 Å². The molecular weight excluding hydrogens is 906 g/mol. The summed E-state index contributed by atoms with van der Waals surface area (Å²) < 4.78 is 48.2. The van der Waals surface area contributed by atoms with Gasteiger partial charge >= 0.3 is 5.97 Å². The number of methoxy groups -OCH3 is 3. The fourth-order valence-electron chi connectivity index (χ4n) is 10.5. The highest BCUT2D eigenvalue weighted by atomic mass is 31.2. The molecule has 15 nitrogen and oxygen atoms in total. The van der Waals surface area contributed by atoms with Gasteiger partial charge in [0.15, 0.2) is 13.2 Å². The highest BCUT2D eigenvalue weighted by molar-refractivity contribution is 7.57. The number of aliphatic hydroxyl groups excluding tert-OH is 1. The van der Waals surface area contributed by atoms with Gasteiger partial charge in [0.1, 0.15) is 30.1 Å². The number of nitrogens with zero attached hydrogens (tertiary/aromatic N) is 1. The molecule has 3 aliphatic heterocycles. The minimum Gasteiger partial charge on any atom is -0.460 e. The summed E-state index contributed by atoms with van der Waals surface area (Å²) in [6.07, 6.45) is 11.4. The van der Waals surface area contributed by atoms with Crippen molar-refractivity contribution in [1.82, 2.24) is 4.90 Å². The number of amides is 1. The number of Topliss-reactive ketones (excluding diaryl/α,β-unsaturated/α-hetero) is 3. The van der Waals surface area contributed by atoms with Crippen LogP contribution in [0.4, 0.5) is 0 Å². The van der Waals surface area contributed by atoms with Crippen molar-refractivity contribution in [2.24, 2.45) is 35.5 Å². The summed E-state index contributed by atoms with van der Waals surface area (Å²) in [6.45, 7) is 15.9. The molecule has 3 heterocycles. The summed E-state index contributed by atoms with van der Waals surface area (Å²) in [5.74, 6) is -8.11. The number of ether oxygens (including phenoxy) is 5. The van der Waals surface area contributed by atoms with Crippen molar-refractivity contribution in [3.8, 4) is 0 Å². The van der Waals surface area contributed by atoms with E-state index in [-0.39, 0.29) is 60.9 Å². The van der Waals surface area contributed by atoms with E-state index < -0.39 is 85.1 Å². The van der Waals surface area contributed by atoms with Gasteiger partial charge in [-0.05, 0) is 107 Å². The maximum atomic E-state index is 14.5. The molecule has 2 N–H and O–H groups in total. The van der Waals surface area contributed by atoms with E-state index in [1.54, 1.807) is 54.4 Å². The van der Waals surface area contributed by atoms with Gasteiger partial charge in [-0.25, -0.2) is 4.79 Å². The molecule has 1 aliphatic carbocycles. The molecule has 69 heavy (non-hydrogen) atoms. The smallest absolute Gasteiger partial charge is 0.329 e. The Morgan fingerprint density at radius 2 is 1.57 bits per heavy atom. The number of esters is 1. The molecule has 0 aromatic rings. The van der Waals surface area contributed by atoms with Crippen molar-refractivity contribution in [2.45, 2.75) is 180 Å². The summed E-state index contributed by atoms with van der Waals surface area (Å²) in [7, 11) is 1.76. The first-order valence-electron chi connectivity index (χ1n) is 25.2. The summed E-state index contributed by atoms with van der Waals surface area (Å²) in [4.78, 5) is 72.2. The number of cyclic esters (lactones) is 1. The van der Waals surface area contributed by atoms with E-state index in [0.29, 0.717) is 63.4 Å². The zero-order chi connectivity index (χ0) is 51.4. The Morgan fingerprint density at radius 1 is 0.855 bits per heavy atom. The number of allylic oxidation sites excluding steroid dienone is 6. The first kappa shape index (κ1) is 58.4. The van der Waals surface area contributed by atoms with Crippen LogP contribution in [-0.4, -0.2) is 140 Å². The van der Waals surface area contributed by atoms with Crippen LogP contribution in [0.25, 0.3) is 0 Å². The standard InChI is InChI=1S/C53H84NO14P/c1-32-18-14-13-15-19-33(2)44(63-8)30-40-23-21-38(7)53(61,67-40)50(58)51(59)54-25-17-16-20-41(54)52(60)66-45(35(4)28-39-22-24-43(46(29-39)64-9)68-69(11,12)62)31-42(55)34(3)27-37(6)48(57)49(65-10)47(56)36(5)26-32/h13-15,18-19,27,32,34-36,38-41,43-46,48-49,57,61H,16-17,20-26,28-31H2,1-12H3/b15-13?,18-14+,33-19?,37-27+/t32-,34-,35-,36-,38-,39?,40+,41?,43-,44+,45?,46-,48?,49+,53?/m1/s1. The quantitative estimate of drug-likeness (QED) is 0.104. The van der Waals surface area contributed by atoms with Gasteiger partial charge in [-0.2, -0.15) is 0 Å². The molecular formula is C53H84NO14P. The van der Waals surface area contributed by atoms with Gasteiger partial charge in [-0.15, -0.1) is 0 Å². The molecule has 1 saturated carbocycles. The van der Waals surface area contributed by atoms with Crippen molar-refractivity contribution in [1.29, 1.82) is 0 Å². The van der Waals surface area contributed by atoms with Crippen LogP contribution in [0.1, 0.15) is 126 Å². The van der Waals surface area contributed by atoms with Crippen LogP contribution in [0, 0.1) is 35.5 Å². The van der Waals surface area contributed by atoms with Gasteiger partial charge in [0.05, 0.1) is 24.4 Å². The van der Waals surface area contributed by atoms with Crippen LogP contribution in [0.5, 0.6) is 0 Å². The monoisotopic (exact) mass is 990 g/mol. The minimum absolute atomic E-state index is 0.0117. The van der Waals surface area contributed by atoms with Crippen LogP contribution in [0.2, 0.25) is 0 Å². The number of aliphatic hydroxyl groups is 2. The van der Waals surface area contributed by atoms with E-state index in [1.807, 2.05) is 58.1 Å². The maximum absolute atomic E-state index is 14.5. The maximum Gasteiger partial charge on any atom is 0.329 e. The van der Waals surface area contributed by atoms with Crippen LogP contribution >= 0.6 is 7.37 Å². The lowest BCUT2D eigenvalue weighted by Gasteiger charge is -2.42. The second kappa shape index (κ2) is 26.5. The van der Waals surface area contributed by atoms with Gasteiger partial charge in [0, 0.05) is 71.8 Å². The molecule has 2 bridgehead atoms. The molecule has 5 unspecified atom stereocenters. The number of fused-ring (bicyclic) bond motifs is 3. The van der Waals surface area contributed by atoms with Crippen LogP contribution < -0.4 is 0 Å². The predicted molar refractivity (Wildman–Crippen MR) is 263 cm³/mol. The number of hydrogen-bond donors (Lipinski definition) is 2. The number of hydrogen-bond acceptors (Lipinski definition) is 14. The molecule has 4 rings (SSSR count). The average Bonchev–Trinajstić information content (AvgIpc) is 3.30. The van der Waals surface area contributed by atoms with Gasteiger partial charge in [-0.3, -0.25) is 23.7 Å². The van der Waals surface area contributed by atoms with E-state index in [0.717, 1.165) is 12.0 Å². The normalized spacial score (nSPS) is 37.8. The Kier molecular flexibility index (Phi) is 22.5. The predicted octanol–water partition coefficient (Wildman–Crippen LogP) is 7.74. The van der Waals surface area contributed by atoms with E-state index in [9.17, 15) is 38.8 Å². The fourth-order valence-corrected chi connectivity index (χ4v) is 11.4. The van der Waals surface area contributed by atoms with Crippen molar-refractivity contribution < 1.29 is 67.0 Å². The summed E-state index contributed by atoms with van der Waals surface area (Å²) in [5, 5.41) is 23.5. The van der Waals surface area contributed by atoms with Gasteiger partial charge in [0.2, 0.25) is 5.79 Å². The molecule has 2 saturated heterocycles. The Morgan fingerprint density at radius 3 is 2.22 bits per heavy atom. The Balaban J connectivity index is 1.70. The first-order valence-corrected chi connectivity index (χ1v) is 27.7. The van der Waals surface area contributed by atoms with Crippen LogP contribution in [-0.2, 0) is 56.7 Å². The third-order valence-electron chi connectivity index (χ3n) is 14.8. The zero-order valence-electron chi connectivity index (χ0n) is 43.4. The number of carbonyl (C=O) groups excluding carboxylic acids is 5. The molecule has 3 fully saturated rings. The van der Waals surface area contributed by atoms with Gasteiger partial charge in [0.25, 0.3) is 11.7 Å². The van der Waals surface area contributed by atoms with E-state index in [4.69, 9.17) is 28.2 Å². The molecule has 16 heteroatoms. The van der Waals surface area contributed by atoms with Crippen LogP contribution in [0.3, 0.4) is 0 Å². The molecule has 15 atom stereocenters. The molecule has 0 radical (unpaired) electrons. The van der Waals surface area contributed by atoms with Crippen molar-refractivity contribution in [2.75, 3.05) is 41.2 Å². The summed E-state index contributed by atoms with van der Waals surface area (Å²) in [5.41, 5.74) is 1.25.